The van der Waals surface area contributed by atoms with Crippen LogP contribution >= 0.6 is 0 Å². The van der Waals surface area contributed by atoms with E-state index in [1.54, 1.807) is 0 Å². The van der Waals surface area contributed by atoms with Crippen LogP contribution in [0.1, 0.15) is 77.0 Å². The van der Waals surface area contributed by atoms with Crippen molar-refractivity contribution in [3.8, 4) is 0 Å². The van der Waals surface area contributed by atoms with Gasteiger partial charge in [0.15, 0.2) is 33.3 Å². The molecule has 0 amide bonds. The Morgan fingerprint density at radius 2 is 0.818 bits per heavy atom. The SMILES string of the molecule is C[Si](C)(CCCOCCCCOCCC[Si](C)(C)O[Si](C)(C)CCC1CCC2OC2C1)O[Si](C)(C)CCC1CCC2OC2C1. The minimum atomic E-state index is -1.64. The molecule has 6 atom stereocenters. The molecule has 0 aromatic carbocycles. The van der Waals surface area contributed by atoms with Crippen molar-refractivity contribution in [3.63, 3.8) is 0 Å². The highest BCUT2D eigenvalue weighted by Gasteiger charge is 2.45. The third-order valence-electron chi connectivity index (χ3n) is 10.6. The van der Waals surface area contributed by atoms with Crippen molar-refractivity contribution in [1.29, 1.82) is 0 Å². The molecule has 2 aliphatic carbocycles. The fourth-order valence-electron chi connectivity index (χ4n) is 8.11. The van der Waals surface area contributed by atoms with E-state index in [1.807, 2.05) is 0 Å². The monoisotopic (exact) mass is 686 g/mol. The van der Waals surface area contributed by atoms with E-state index in [0.29, 0.717) is 24.4 Å². The molecule has 0 aromatic heterocycles. The van der Waals surface area contributed by atoms with Gasteiger partial charge in [-0.05, 0) is 153 Å². The maximum Gasteiger partial charge on any atom is 0.173 e. The van der Waals surface area contributed by atoms with Gasteiger partial charge in [0.2, 0.25) is 0 Å². The van der Waals surface area contributed by atoms with Crippen molar-refractivity contribution in [2.45, 2.75) is 178 Å². The van der Waals surface area contributed by atoms with Gasteiger partial charge in [-0.3, -0.25) is 0 Å². The lowest BCUT2D eigenvalue weighted by molar-refractivity contribution is 0.103. The Hall–Kier alpha value is 0.628. The predicted octanol–water partition coefficient (Wildman–Crippen LogP) is 9.35. The highest BCUT2D eigenvalue weighted by molar-refractivity contribution is 6.85. The molecule has 10 heteroatoms. The molecule has 4 fully saturated rings. The molecular formula is C34H70O6Si4. The highest BCUT2D eigenvalue weighted by Crippen LogP contribution is 2.43. The highest BCUT2D eigenvalue weighted by atomic mass is 28.4. The third kappa shape index (κ3) is 14.4. The van der Waals surface area contributed by atoms with E-state index in [1.165, 1.54) is 75.5 Å². The number of hydrogen-bond donors (Lipinski definition) is 0. The van der Waals surface area contributed by atoms with Crippen LogP contribution in [0.5, 0.6) is 0 Å². The van der Waals surface area contributed by atoms with Crippen LogP contribution in [0.4, 0.5) is 0 Å². The Morgan fingerprint density at radius 1 is 0.455 bits per heavy atom. The fourth-order valence-corrected chi connectivity index (χ4v) is 25.9. The molecule has 6 unspecified atom stereocenters. The van der Waals surface area contributed by atoms with Crippen molar-refractivity contribution in [3.05, 3.63) is 0 Å². The molecule has 258 valence electrons. The van der Waals surface area contributed by atoms with Crippen LogP contribution in [0.3, 0.4) is 0 Å². The first-order valence-corrected chi connectivity index (χ1v) is 31.0. The average Bonchev–Trinajstić information content (AvgIpc) is 3.85. The van der Waals surface area contributed by atoms with Crippen LogP contribution in [0, 0.1) is 11.8 Å². The molecule has 4 rings (SSSR count). The summed E-state index contributed by atoms with van der Waals surface area (Å²) in [5.41, 5.74) is 0. The minimum absolute atomic E-state index is 0.601. The van der Waals surface area contributed by atoms with Crippen LogP contribution in [0.2, 0.25) is 76.6 Å². The molecule has 4 aliphatic rings. The first-order valence-electron chi connectivity index (χ1n) is 18.6. The minimum Gasteiger partial charge on any atom is -0.455 e. The molecule has 6 nitrogen and oxygen atoms in total. The maximum absolute atomic E-state index is 6.90. The number of epoxide rings is 2. The van der Waals surface area contributed by atoms with Gasteiger partial charge in [-0.2, -0.15) is 0 Å². The van der Waals surface area contributed by atoms with E-state index in [4.69, 9.17) is 27.2 Å². The lowest BCUT2D eigenvalue weighted by atomic mass is 9.88. The quantitative estimate of drug-likeness (QED) is 0.0607. The normalized spacial score (nSPS) is 28.9. The van der Waals surface area contributed by atoms with Gasteiger partial charge in [0.05, 0.1) is 24.4 Å². The maximum atomic E-state index is 6.90. The van der Waals surface area contributed by atoms with Gasteiger partial charge in [-0.25, -0.2) is 0 Å². The van der Waals surface area contributed by atoms with Crippen LogP contribution in [0.15, 0.2) is 0 Å². The summed E-state index contributed by atoms with van der Waals surface area (Å²) in [7, 11) is -6.48. The van der Waals surface area contributed by atoms with Crippen molar-refractivity contribution in [2.75, 3.05) is 26.4 Å². The van der Waals surface area contributed by atoms with Gasteiger partial charge in [0, 0.05) is 26.4 Å². The predicted molar refractivity (Wildman–Crippen MR) is 193 cm³/mol. The van der Waals surface area contributed by atoms with E-state index < -0.39 is 33.3 Å². The summed E-state index contributed by atoms with van der Waals surface area (Å²) in [6, 6.07) is 5.00. The zero-order valence-corrected chi connectivity index (χ0v) is 34.1. The second-order valence-electron chi connectivity index (χ2n) is 17.2. The van der Waals surface area contributed by atoms with Gasteiger partial charge in [0.25, 0.3) is 0 Å². The zero-order chi connectivity index (χ0) is 31.8. The number of rotatable bonds is 23. The first kappa shape index (κ1) is 37.4. The topological polar surface area (TPSA) is 62.0 Å². The standard InChI is InChI=1S/C34H70O6Si4/c1-41(2,39-43(5,6)25-17-29-13-15-31-33(27-29)37-31)23-11-21-35-19-9-10-20-36-22-12-24-42(3,4)40-44(7,8)26-18-30-14-16-32-34(28-30)38-32/h29-34H,9-28H2,1-8H3. The van der Waals surface area contributed by atoms with Crippen molar-refractivity contribution < 1.29 is 27.2 Å². The Bertz CT molecular complexity index is 788. The molecule has 0 aromatic rings. The number of unbranched alkanes of at least 4 members (excludes halogenated alkanes) is 1. The smallest absolute Gasteiger partial charge is 0.173 e. The molecule has 0 N–H and O–H groups in total. The Morgan fingerprint density at radius 3 is 1.20 bits per heavy atom. The van der Waals surface area contributed by atoms with Crippen molar-refractivity contribution in [2.24, 2.45) is 11.8 Å². The third-order valence-corrected chi connectivity index (χ3v) is 25.5. The Balaban J connectivity index is 0.931. The van der Waals surface area contributed by atoms with Gasteiger partial charge in [-0.15, -0.1) is 0 Å². The summed E-state index contributed by atoms with van der Waals surface area (Å²) in [4.78, 5) is 0. The molecule has 44 heavy (non-hydrogen) atoms. The second kappa shape index (κ2) is 16.8. The molecule has 0 spiro atoms. The van der Waals surface area contributed by atoms with E-state index in [-0.39, 0.29) is 0 Å². The first-order chi connectivity index (χ1) is 20.7. The molecular weight excluding hydrogens is 617 g/mol. The molecule has 0 radical (unpaired) electrons. The van der Waals surface area contributed by atoms with Crippen LogP contribution in [-0.4, -0.2) is 84.1 Å². The largest absolute Gasteiger partial charge is 0.455 e. The van der Waals surface area contributed by atoms with E-state index in [2.05, 4.69) is 52.4 Å². The van der Waals surface area contributed by atoms with Gasteiger partial charge < -0.3 is 27.2 Å². The van der Waals surface area contributed by atoms with Gasteiger partial charge >= 0.3 is 0 Å². The number of fused-ring (bicyclic) bond motifs is 2. The lowest BCUT2D eigenvalue weighted by Gasteiger charge is -2.35. The lowest BCUT2D eigenvalue weighted by Crippen LogP contribution is -2.44. The van der Waals surface area contributed by atoms with E-state index in [0.717, 1.165) is 63.9 Å². The summed E-state index contributed by atoms with van der Waals surface area (Å²) in [5, 5.41) is 0. The van der Waals surface area contributed by atoms with Crippen LogP contribution < -0.4 is 0 Å². The number of hydrogen-bond acceptors (Lipinski definition) is 6. The van der Waals surface area contributed by atoms with E-state index in [9.17, 15) is 0 Å². The van der Waals surface area contributed by atoms with E-state index >= 15 is 0 Å². The summed E-state index contributed by atoms with van der Waals surface area (Å²) in [6.45, 7) is 22.8. The fraction of sp³-hybridized carbons (Fsp3) is 1.00. The van der Waals surface area contributed by atoms with Gasteiger partial charge in [0.1, 0.15) is 0 Å². The van der Waals surface area contributed by atoms with Crippen molar-refractivity contribution >= 4 is 33.3 Å². The molecule has 0 bridgehead atoms. The number of ether oxygens (including phenoxy) is 4. The van der Waals surface area contributed by atoms with Gasteiger partial charge in [-0.1, -0.05) is 12.8 Å². The summed E-state index contributed by atoms with van der Waals surface area (Å²) in [5.74, 6) is 1.74. The van der Waals surface area contributed by atoms with Crippen molar-refractivity contribution in [1.82, 2.24) is 0 Å². The molecule has 2 saturated carbocycles. The molecule has 2 aliphatic heterocycles. The summed E-state index contributed by atoms with van der Waals surface area (Å²) < 4.78 is 37.2. The Kier molecular flexibility index (Phi) is 14.3. The molecule has 2 saturated heterocycles. The zero-order valence-electron chi connectivity index (χ0n) is 30.1. The summed E-state index contributed by atoms with van der Waals surface area (Å²) >= 11 is 0. The second-order valence-corrected chi connectivity index (χ2v) is 35.0. The molecule has 2 heterocycles. The Labute approximate surface area is 275 Å². The van der Waals surface area contributed by atoms with Crippen LogP contribution in [-0.2, 0) is 27.2 Å². The van der Waals surface area contributed by atoms with Crippen LogP contribution in [0.25, 0.3) is 0 Å². The summed E-state index contributed by atoms with van der Waals surface area (Å²) in [6.07, 6.45) is 17.4. The average molecular weight is 687 g/mol.